The molecule has 0 bridgehead atoms. The molecule has 0 unspecified atom stereocenters. The number of aromatic nitrogens is 3. The number of benzene rings is 2. The van der Waals surface area contributed by atoms with E-state index in [9.17, 15) is 9.18 Å². The van der Waals surface area contributed by atoms with Crippen LogP contribution in [-0.2, 0) is 13.2 Å². The zero-order valence-corrected chi connectivity index (χ0v) is 18.9. The van der Waals surface area contributed by atoms with Gasteiger partial charge in [-0.05, 0) is 61.0 Å². The molecule has 1 amide bonds. The summed E-state index contributed by atoms with van der Waals surface area (Å²) in [4.78, 5) is 17.3. The maximum atomic E-state index is 13.0. The lowest BCUT2D eigenvalue weighted by Crippen LogP contribution is -2.12. The van der Waals surface area contributed by atoms with Gasteiger partial charge in [-0.1, -0.05) is 29.8 Å². The molecule has 0 atom stereocenters. The van der Waals surface area contributed by atoms with Crippen molar-refractivity contribution in [3.63, 3.8) is 0 Å². The molecule has 2 aromatic heterocycles. The molecular weight excluding hydrogens is 427 g/mol. The lowest BCUT2D eigenvalue weighted by atomic mass is 10.1. The molecule has 0 aliphatic heterocycles. The Balaban J connectivity index is 1.35. The molecule has 2 heterocycles. The van der Waals surface area contributed by atoms with Gasteiger partial charge >= 0.3 is 0 Å². The summed E-state index contributed by atoms with van der Waals surface area (Å²) in [6.45, 7) is 6.95. The lowest BCUT2D eigenvalue weighted by Gasteiger charge is -2.12. The predicted octanol–water partition coefficient (Wildman–Crippen LogP) is 5.28. The fourth-order valence-electron chi connectivity index (χ4n) is 3.49. The first kappa shape index (κ1) is 21.7. The van der Waals surface area contributed by atoms with Crippen LogP contribution in [-0.4, -0.2) is 20.7 Å². The van der Waals surface area contributed by atoms with Crippen LogP contribution in [0, 0.1) is 26.6 Å². The van der Waals surface area contributed by atoms with Gasteiger partial charge in [-0.3, -0.25) is 10.1 Å². The van der Waals surface area contributed by atoms with Gasteiger partial charge in [0, 0.05) is 5.56 Å². The minimum atomic E-state index is -0.287. The Morgan fingerprint density at radius 3 is 2.53 bits per heavy atom. The van der Waals surface area contributed by atoms with Gasteiger partial charge in [0.05, 0.1) is 11.4 Å². The van der Waals surface area contributed by atoms with Crippen LogP contribution in [0.15, 0.2) is 54.2 Å². The van der Waals surface area contributed by atoms with E-state index in [1.54, 1.807) is 16.8 Å². The van der Waals surface area contributed by atoms with Crippen molar-refractivity contribution in [2.45, 2.75) is 33.9 Å². The number of aryl methyl sites for hydroxylation is 3. The maximum Gasteiger partial charge on any atom is 0.268 e. The Hall–Kier alpha value is -3.52. The first-order chi connectivity index (χ1) is 15.4. The lowest BCUT2D eigenvalue weighted by molar-refractivity contribution is 0.102. The quantitative estimate of drug-likeness (QED) is 0.416. The molecule has 164 valence electrons. The fraction of sp³-hybridized carbons (Fsp3) is 0.208. The SMILES string of the molecule is Cc1cc(C)c(OCc2csc(C(=O)Nc3ncn(Cc4ccc(F)cc4)n3)c2)c(C)c1. The first-order valence-corrected chi connectivity index (χ1v) is 11.0. The molecule has 0 saturated carbocycles. The zero-order chi connectivity index (χ0) is 22.7. The summed E-state index contributed by atoms with van der Waals surface area (Å²) < 4.78 is 20.6. The zero-order valence-electron chi connectivity index (χ0n) is 18.1. The highest BCUT2D eigenvalue weighted by Gasteiger charge is 2.13. The number of thiophene rings is 1. The van der Waals surface area contributed by atoms with Gasteiger partial charge in [0.25, 0.3) is 5.91 Å². The second kappa shape index (κ2) is 9.32. The minimum Gasteiger partial charge on any atom is -0.488 e. The van der Waals surface area contributed by atoms with Gasteiger partial charge in [-0.2, -0.15) is 0 Å². The minimum absolute atomic E-state index is 0.217. The fourth-order valence-corrected chi connectivity index (χ4v) is 4.28. The van der Waals surface area contributed by atoms with E-state index in [2.05, 4.69) is 34.5 Å². The molecule has 0 spiro atoms. The van der Waals surface area contributed by atoms with Crippen LogP contribution in [0.25, 0.3) is 0 Å². The van der Waals surface area contributed by atoms with Crippen molar-refractivity contribution in [1.29, 1.82) is 0 Å². The molecule has 0 saturated heterocycles. The summed E-state index contributed by atoms with van der Waals surface area (Å²) in [5.41, 5.74) is 5.21. The van der Waals surface area contributed by atoms with E-state index in [-0.39, 0.29) is 17.7 Å². The van der Waals surface area contributed by atoms with Crippen LogP contribution in [0.4, 0.5) is 10.3 Å². The normalized spacial score (nSPS) is 10.9. The van der Waals surface area contributed by atoms with Crippen LogP contribution >= 0.6 is 11.3 Å². The van der Waals surface area contributed by atoms with Gasteiger partial charge < -0.3 is 4.74 Å². The third-order valence-electron chi connectivity index (χ3n) is 4.89. The third-order valence-corrected chi connectivity index (χ3v) is 5.86. The van der Waals surface area contributed by atoms with E-state index < -0.39 is 0 Å². The number of carbonyl (C=O) groups excluding carboxylic acids is 1. The van der Waals surface area contributed by atoms with E-state index in [0.717, 1.165) is 28.0 Å². The molecule has 1 N–H and O–H groups in total. The van der Waals surface area contributed by atoms with Crippen LogP contribution < -0.4 is 10.1 Å². The Labute approximate surface area is 189 Å². The number of anilines is 1. The number of hydrogen-bond acceptors (Lipinski definition) is 5. The van der Waals surface area contributed by atoms with Crippen LogP contribution in [0.3, 0.4) is 0 Å². The number of carbonyl (C=O) groups is 1. The van der Waals surface area contributed by atoms with Crippen molar-refractivity contribution in [3.8, 4) is 5.75 Å². The summed E-state index contributed by atoms with van der Waals surface area (Å²) in [6, 6.07) is 12.2. The first-order valence-electron chi connectivity index (χ1n) is 10.1. The summed E-state index contributed by atoms with van der Waals surface area (Å²) in [5.74, 6) is 0.534. The van der Waals surface area contributed by atoms with Crippen molar-refractivity contribution in [3.05, 3.63) is 92.7 Å². The van der Waals surface area contributed by atoms with E-state index in [1.807, 2.05) is 25.3 Å². The number of nitrogens with zero attached hydrogens (tertiary/aromatic N) is 3. The molecule has 0 aliphatic carbocycles. The van der Waals surface area contributed by atoms with E-state index in [0.29, 0.717) is 18.0 Å². The van der Waals surface area contributed by atoms with Gasteiger partial charge in [0.15, 0.2) is 0 Å². The molecular formula is C24H23FN4O2S. The topological polar surface area (TPSA) is 69.0 Å². The molecule has 32 heavy (non-hydrogen) atoms. The Bertz CT molecular complexity index is 1220. The van der Waals surface area contributed by atoms with Gasteiger partial charge in [0.2, 0.25) is 5.95 Å². The van der Waals surface area contributed by atoms with Gasteiger partial charge in [-0.25, -0.2) is 14.1 Å². The number of rotatable bonds is 7. The highest BCUT2D eigenvalue weighted by atomic mass is 32.1. The van der Waals surface area contributed by atoms with Crippen molar-refractivity contribution in [2.75, 3.05) is 5.32 Å². The number of halogens is 1. The maximum absolute atomic E-state index is 13.0. The third kappa shape index (κ3) is 5.20. The molecule has 8 heteroatoms. The Morgan fingerprint density at radius 2 is 1.81 bits per heavy atom. The molecule has 2 aromatic carbocycles. The number of amides is 1. The van der Waals surface area contributed by atoms with E-state index >= 15 is 0 Å². The standard InChI is InChI=1S/C24H23FN4O2S/c1-15-8-16(2)22(17(3)9-15)31-12-19-10-21(32-13-19)23(30)27-24-26-14-29(28-24)11-18-4-6-20(25)7-5-18/h4-10,13-14H,11-12H2,1-3H3,(H,27,28,30). The summed E-state index contributed by atoms with van der Waals surface area (Å²) in [5, 5.41) is 8.89. The molecule has 0 fully saturated rings. The molecule has 0 radical (unpaired) electrons. The van der Waals surface area contributed by atoms with Crippen molar-refractivity contribution < 1.29 is 13.9 Å². The van der Waals surface area contributed by atoms with Gasteiger partial charge in [0.1, 0.15) is 24.5 Å². The summed E-state index contributed by atoms with van der Waals surface area (Å²) in [7, 11) is 0. The number of hydrogen-bond donors (Lipinski definition) is 1. The van der Waals surface area contributed by atoms with Crippen LogP contribution in [0.1, 0.15) is 37.5 Å². The predicted molar refractivity (Wildman–Crippen MR) is 123 cm³/mol. The average Bonchev–Trinajstić information content (AvgIpc) is 3.38. The van der Waals surface area contributed by atoms with Crippen LogP contribution in [0.2, 0.25) is 0 Å². The Morgan fingerprint density at radius 1 is 1.09 bits per heavy atom. The van der Waals surface area contributed by atoms with Gasteiger partial charge in [-0.15, -0.1) is 16.4 Å². The summed E-state index contributed by atoms with van der Waals surface area (Å²) in [6.07, 6.45) is 1.53. The van der Waals surface area contributed by atoms with E-state index in [1.165, 1.54) is 35.4 Å². The van der Waals surface area contributed by atoms with Crippen molar-refractivity contribution >= 4 is 23.2 Å². The second-order valence-electron chi connectivity index (χ2n) is 7.68. The largest absolute Gasteiger partial charge is 0.488 e. The molecule has 4 rings (SSSR count). The van der Waals surface area contributed by atoms with Crippen molar-refractivity contribution in [1.82, 2.24) is 14.8 Å². The molecule has 4 aromatic rings. The van der Waals surface area contributed by atoms with E-state index in [4.69, 9.17) is 4.74 Å². The number of ether oxygens (including phenoxy) is 1. The van der Waals surface area contributed by atoms with Crippen LogP contribution in [0.5, 0.6) is 5.75 Å². The molecule has 6 nitrogen and oxygen atoms in total. The number of nitrogens with one attached hydrogen (secondary N) is 1. The monoisotopic (exact) mass is 450 g/mol. The summed E-state index contributed by atoms with van der Waals surface area (Å²) >= 11 is 1.34. The molecule has 0 aliphatic rings. The highest BCUT2D eigenvalue weighted by molar-refractivity contribution is 7.12. The Kier molecular flexibility index (Phi) is 6.32. The van der Waals surface area contributed by atoms with Crippen molar-refractivity contribution in [2.24, 2.45) is 0 Å². The highest BCUT2D eigenvalue weighted by Crippen LogP contribution is 2.26. The smallest absolute Gasteiger partial charge is 0.268 e. The second-order valence-corrected chi connectivity index (χ2v) is 8.59. The average molecular weight is 451 g/mol.